The van der Waals surface area contributed by atoms with Crippen LogP contribution in [0.25, 0.3) is 11.4 Å². The highest BCUT2D eigenvalue weighted by Gasteiger charge is 2.45. The first-order chi connectivity index (χ1) is 13.9. The summed E-state index contributed by atoms with van der Waals surface area (Å²) in [7, 11) is -3.77. The van der Waals surface area contributed by atoms with E-state index < -0.39 is 15.7 Å². The van der Waals surface area contributed by atoms with Gasteiger partial charge < -0.3 is 4.52 Å². The van der Waals surface area contributed by atoms with Crippen LogP contribution in [-0.2, 0) is 21.4 Å². The minimum Gasteiger partial charge on any atom is -0.335 e. The van der Waals surface area contributed by atoms with Gasteiger partial charge in [0, 0.05) is 29.5 Å². The van der Waals surface area contributed by atoms with Gasteiger partial charge in [0.2, 0.25) is 21.5 Å². The van der Waals surface area contributed by atoms with E-state index in [2.05, 4.69) is 15.1 Å². The Morgan fingerprint density at radius 3 is 2.72 bits per heavy atom. The molecule has 4 rings (SSSR count). The number of alkyl halides is 1. The SMILES string of the molecule is O=S(=O)(Cc1ccccc1Cl)N1CCCC(F)(c2nc(-c3ccncc3)no2)C1. The van der Waals surface area contributed by atoms with E-state index in [-0.39, 0.29) is 37.0 Å². The van der Waals surface area contributed by atoms with Crippen LogP contribution in [0.4, 0.5) is 4.39 Å². The zero-order valence-electron chi connectivity index (χ0n) is 15.3. The van der Waals surface area contributed by atoms with Crippen LogP contribution in [0.1, 0.15) is 24.3 Å². The molecule has 0 radical (unpaired) electrons. The summed E-state index contributed by atoms with van der Waals surface area (Å²) < 4.78 is 47.7. The molecule has 29 heavy (non-hydrogen) atoms. The van der Waals surface area contributed by atoms with E-state index in [0.717, 1.165) is 4.31 Å². The highest BCUT2D eigenvalue weighted by molar-refractivity contribution is 7.88. The largest absolute Gasteiger partial charge is 0.335 e. The number of pyridine rings is 1. The molecule has 0 bridgehead atoms. The molecular formula is C19H18ClFN4O3S. The number of halogens is 2. The molecule has 2 aromatic heterocycles. The zero-order valence-corrected chi connectivity index (χ0v) is 16.9. The molecule has 3 aromatic rings. The number of sulfonamides is 1. The van der Waals surface area contributed by atoms with E-state index >= 15 is 4.39 Å². The highest BCUT2D eigenvalue weighted by Crippen LogP contribution is 2.37. The monoisotopic (exact) mass is 436 g/mol. The Morgan fingerprint density at radius 2 is 1.97 bits per heavy atom. The summed E-state index contributed by atoms with van der Waals surface area (Å²) in [4.78, 5) is 8.08. The lowest BCUT2D eigenvalue weighted by Gasteiger charge is -2.34. The lowest BCUT2D eigenvalue weighted by molar-refractivity contribution is 0.0469. The van der Waals surface area contributed by atoms with Crippen molar-refractivity contribution in [3.8, 4) is 11.4 Å². The maximum absolute atomic E-state index is 15.7. The summed E-state index contributed by atoms with van der Waals surface area (Å²) >= 11 is 6.09. The Kier molecular flexibility index (Phi) is 5.37. The third-order valence-electron chi connectivity index (χ3n) is 4.84. The molecule has 0 amide bonds. The number of hydrogen-bond acceptors (Lipinski definition) is 6. The van der Waals surface area contributed by atoms with E-state index in [9.17, 15) is 8.42 Å². The number of rotatable bonds is 5. The van der Waals surface area contributed by atoms with Crippen molar-refractivity contribution in [2.24, 2.45) is 0 Å². The predicted octanol–water partition coefficient (Wildman–Crippen LogP) is 3.58. The molecule has 1 aliphatic rings. The second-order valence-electron chi connectivity index (χ2n) is 6.91. The maximum atomic E-state index is 15.7. The Labute approximate surface area is 172 Å². The van der Waals surface area contributed by atoms with Gasteiger partial charge in [-0.15, -0.1) is 0 Å². The summed E-state index contributed by atoms with van der Waals surface area (Å²) in [6.07, 6.45) is 3.58. The van der Waals surface area contributed by atoms with Crippen LogP contribution in [0.5, 0.6) is 0 Å². The van der Waals surface area contributed by atoms with Gasteiger partial charge >= 0.3 is 0 Å². The van der Waals surface area contributed by atoms with Crippen LogP contribution in [0, 0.1) is 0 Å². The molecule has 1 unspecified atom stereocenters. The molecule has 0 saturated carbocycles. The molecular weight excluding hydrogens is 419 g/mol. The smallest absolute Gasteiger partial charge is 0.266 e. The van der Waals surface area contributed by atoms with Crippen LogP contribution in [-0.4, -0.2) is 40.9 Å². The van der Waals surface area contributed by atoms with Gasteiger partial charge in [0.15, 0.2) is 0 Å². The van der Waals surface area contributed by atoms with Crippen LogP contribution < -0.4 is 0 Å². The van der Waals surface area contributed by atoms with Gasteiger partial charge in [0.1, 0.15) is 0 Å². The summed E-state index contributed by atoms with van der Waals surface area (Å²) in [6, 6.07) is 10.1. The van der Waals surface area contributed by atoms with Crippen LogP contribution in [0.2, 0.25) is 5.02 Å². The molecule has 7 nitrogen and oxygen atoms in total. The number of benzene rings is 1. The first kappa shape index (κ1) is 19.9. The molecule has 0 N–H and O–H groups in total. The second kappa shape index (κ2) is 7.81. The molecule has 0 spiro atoms. The molecule has 3 heterocycles. The van der Waals surface area contributed by atoms with E-state index in [0.29, 0.717) is 22.6 Å². The third-order valence-corrected chi connectivity index (χ3v) is 6.99. The standard InChI is InChI=1S/C19H18ClFN4O3S/c20-16-5-2-1-4-15(16)12-29(26,27)25-11-3-8-19(21,13-25)18-23-17(24-28-18)14-6-9-22-10-7-14/h1-2,4-7,9-10H,3,8,11-13H2. The Bertz CT molecular complexity index is 1110. The number of hydrogen-bond donors (Lipinski definition) is 0. The minimum atomic E-state index is -3.77. The molecule has 10 heteroatoms. The van der Waals surface area contributed by atoms with Crippen molar-refractivity contribution >= 4 is 21.6 Å². The van der Waals surface area contributed by atoms with Crippen molar-refractivity contribution in [1.29, 1.82) is 0 Å². The van der Waals surface area contributed by atoms with Crippen molar-refractivity contribution in [1.82, 2.24) is 19.4 Å². The lowest BCUT2D eigenvalue weighted by atomic mass is 9.96. The molecule has 152 valence electrons. The first-order valence-electron chi connectivity index (χ1n) is 9.02. The fourth-order valence-electron chi connectivity index (χ4n) is 3.31. The fourth-order valence-corrected chi connectivity index (χ4v) is 5.23. The van der Waals surface area contributed by atoms with Gasteiger partial charge in [-0.25, -0.2) is 12.8 Å². The number of aromatic nitrogens is 3. The van der Waals surface area contributed by atoms with E-state index in [1.807, 2.05) is 0 Å². The topological polar surface area (TPSA) is 89.2 Å². The van der Waals surface area contributed by atoms with Gasteiger partial charge in [-0.05, 0) is 36.6 Å². The van der Waals surface area contributed by atoms with Gasteiger partial charge in [-0.1, -0.05) is 35.0 Å². The van der Waals surface area contributed by atoms with Crippen LogP contribution in [0.15, 0.2) is 53.3 Å². The normalized spacial score (nSPS) is 20.6. The molecule has 1 atom stereocenters. The van der Waals surface area contributed by atoms with Crippen LogP contribution >= 0.6 is 11.6 Å². The van der Waals surface area contributed by atoms with Crippen molar-refractivity contribution in [2.45, 2.75) is 24.3 Å². The van der Waals surface area contributed by atoms with Gasteiger partial charge in [0.25, 0.3) is 5.89 Å². The average molecular weight is 437 g/mol. The fraction of sp³-hybridized carbons (Fsp3) is 0.316. The molecule has 1 aromatic carbocycles. The molecule has 1 aliphatic heterocycles. The Morgan fingerprint density at radius 1 is 1.21 bits per heavy atom. The van der Waals surface area contributed by atoms with E-state index in [4.69, 9.17) is 16.1 Å². The summed E-state index contributed by atoms with van der Waals surface area (Å²) in [5, 5.41) is 4.19. The molecule has 1 saturated heterocycles. The van der Waals surface area contributed by atoms with Crippen molar-refractivity contribution in [2.75, 3.05) is 13.1 Å². The second-order valence-corrected chi connectivity index (χ2v) is 9.29. The Hall–Kier alpha value is -2.36. The van der Waals surface area contributed by atoms with E-state index in [1.165, 1.54) is 0 Å². The molecule has 1 fully saturated rings. The van der Waals surface area contributed by atoms with Gasteiger partial charge in [0.05, 0.1) is 12.3 Å². The Balaban J connectivity index is 1.56. The molecule has 0 aliphatic carbocycles. The van der Waals surface area contributed by atoms with Crippen LogP contribution in [0.3, 0.4) is 0 Å². The maximum Gasteiger partial charge on any atom is 0.266 e. The summed E-state index contributed by atoms with van der Waals surface area (Å²) in [5.41, 5.74) is -0.941. The van der Waals surface area contributed by atoms with Crippen molar-refractivity contribution in [3.63, 3.8) is 0 Å². The third kappa shape index (κ3) is 4.17. The van der Waals surface area contributed by atoms with Crippen molar-refractivity contribution in [3.05, 3.63) is 65.3 Å². The highest BCUT2D eigenvalue weighted by atomic mass is 35.5. The quantitative estimate of drug-likeness (QED) is 0.607. The van der Waals surface area contributed by atoms with E-state index in [1.54, 1.807) is 48.8 Å². The first-order valence-corrected chi connectivity index (χ1v) is 11.0. The summed E-state index contributed by atoms with van der Waals surface area (Å²) in [5.74, 6) is -0.285. The van der Waals surface area contributed by atoms with Gasteiger partial charge in [-0.2, -0.15) is 9.29 Å². The number of piperidine rings is 1. The minimum absolute atomic E-state index is 0.100. The van der Waals surface area contributed by atoms with Gasteiger partial charge in [-0.3, -0.25) is 4.98 Å². The summed E-state index contributed by atoms with van der Waals surface area (Å²) in [6.45, 7) is -0.151. The zero-order chi connectivity index (χ0) is 20.5. The lowest BCUT2D eigenvalue weighted by Crippen LogP contribution is -2.46. The number of nitrogens with zero attached hydrogens (tertiary/aromatic N) is 4. The van der Waals surface area contributed by atoms with Crippen molar-refractivity contribution < 1.29 is 17.3 Å². The predicted molar refractivity (Wildman–Crippen MR) is 105 cm³/mol. The average Bonchev–Trinajstić information content (AvgIpc) is 3.22.